The van der Waals surface area contributed by atoms with E-state index < -0.39 is 32.3 Å². The Labute approximate surface area is 213 Å². The molecule has 4 rings (SSSR count). The first kappa shape index (κ1) is 23.3. The van der Waals surface area contributed by atoms with E-state index in [2.05, 4.69) is 10.2 Å². The van der Waals surface area contributed by atoms with Crippen molar-refractivity contribution in [2.45, 2.75) is 4.90 Å². The first-order chi connectivity index (χ1) is 14.3. The van der Waals surface area contributed by atoms with E-state index in [1.165, 1.54) is 18.2 Å². The molecule has 0 aliphatic carbocycles. The van der Waals surface area contributed by atoms with Crippen LogP contribution in [0, 0.1) is 0 Å². The molecule has 0 aliphatic rings. The topological polar surface area (TPSA) is 142 Å². The van der Waals surface area contributed by atoms with Gasteiger partial charge in [-0.05, 0) is 22.9 Å². The Balaban J connectivity index is 0.00000272. The van der Waals surface area contributed by atoms with Crippen LogP contribution in [0.4, 0.5) is 11.4 Å². The molecule has 0 radical (unpaired) electrons. The van der Waals surface area contributed by atoms with Gasteiger partial charge in [0.25, 0.3) is 0 Å². The van der Waals surface area contributed by atoms with Crippen LogP contribution in [0.25, 0.3) is 21.5 Å². The molecule has 10 heteroatoms. The molecule has 0 spiro atoms. The van der Waals surface area contributed by atoms with Gasteiger partial charge in [0.05, 0.1) is 16.1 Å². The second-order valence-corrected chi connectivity index (χ2v) is 7.73. The minimum atomic E-state index is -4.91. The fraction of sp³-hybridized carbons (Fsp3) is 0. The van der Waals surface area contributed by atoms with Gasteiger partial charge in [0.15, 0.2) is 0 Å². The molecule has 31 heavy (non-hydrogen) atoms. The largest absolute Gasteiger partial charge is 2.00 e. The Morgan fingerprint density at radius 2 is 1.48 bits per heavy atom. The van der Waals surface area contributed by atoms with E-state index in [0.717, 1.165) is 0 Å². The molecule has 4 aromatic rings. The maximum atomic E-state index is 12.6. The summed E-state index contributed by atoms with van der Waals surface area (Å²) < 4.78 is 35.7. The van der Waals surface area contributed by atoms with Crippen LogP contribution in [0.3, 0.4) is 0 Å². The van der Waals surface area contributed by atoms with Crippen molar-refractivity contribution in [3.05, 3.63) is 72.3 Å². The summed E-state index contributed by atoms with van der Waals surface area (Å²) in [5.74, 6) is -2.28. The fourth-order valence-corrected chi connectivity index (χ4v) is 4.06. The zero-order chi connectivity index (χ0) is 21.5. The molecule has 0 aromatic heterocycles. The summed E-state index contributed by atoms with van der Waals surface area (Å²) in [6.45, 7) is 0. The van der Waals surface area contributed by atoms with Crippen molar-refractivity contribution in [1.82, 2.24) is 0 Å². The number of hydrogen-bond donors (Lipinski definition) is 1. The number of carboxylic acids is 1. The van der Waals surface area contributed by atoms with Gasteiger partial charge in [0.1, 0.15) is 15.8 Å². The predicted molar refractivity (Wildman–Crippen MR) is 112 cm³/mol. The average molecular weight is 508 g/mol. The van der Waals surface area contributed by atoms with E-state index in [9.17, 15) is 28.0 Å². The van der Waals surface area contributed by atoms with Crippen LogP contribution in [0.1, 0.15) is 10.4 Å². The third-order valence-electron chi connectivity index (χ3n) is 4.57. The van der Waals surface area contributed by atoms with Crippen molar-refractivity contribution in [2.24, 2.45) is 10.2 Å². The Kier molecular flexibility index (Phi) is 6.79. The molecule has 1 N–H and O–H groups in total. The Morgan fingerprint density at radius 1 is 0.871 bits per heavy atom. The van der Waals surface area contributed by atoms with Crippen molar-refractivity contribution in [2.75, 3.05) is 0 Å². The van der Waals surface area contributed by atoms with Crippen LogP contribution >= 0.6 is 0 Å². The van der Waals surface area contributed by atoms with Crippen LogP contribution in [-0.4, -0.2) is 69.5 Å². The number of hydrogen-bond acceptors (Lipinski definition) is 7. The summed E-state index contributed by atoms with van der Waals surface area (Å²) in [6, 6.07) is 17.0. The molecule has 150 valence electrons. The average Bonchev–Trinajstić information content (AvgIpc) is 2.71. The van der Waals surface area contributed by atoms with Crippen LogP contribution in [0.5, 0.6) is 5.75 Å². The number of nitrogens with zero attached hydrogens (tertiary/aromatic N) is 2. The van der Waals surface area contributed by atoms with Gasteiger partial charge in [-0.2, -0.15) is 5.11 Å². The quantitative estimate of drug-likeness (QED) is 0.253. The van der Waals surface area contributed by atoms with Crippen molar-refractivity contribution < 1.29 is 28.0 Å². The first-order valence-electron chi connectivity index (χ1n) is 8.63. The molecular formula is C21H12N2O6SSr. The number of carboxylic acid groups (broad SMARTS) is 1. The normalized spacial score (nSPS) is 11.6. The molecule has 0 bridgehead atoms. The summed E-state index contributed by atoms with van der Waals surface area (Å²) in [5.41, 5.74) is -0.987. The molecule has 0 saturated heterocycles. The molecule has 0 fully saturated rings. The Bertz CT molecular complexity index is 1470. The zero-order valence-electron chi connectivity index (χ0n) is 15.8. The van der Waals surface area contributed by atoms with Crippen molar-refractivity contribution in [3.8, 4) is 5.75 Å². The SMILES string of the molecule is O=C(O)c1cc2ccccc2c(N=Nc2ccc3ccccc3c2S(=O)(=O)[O-])c1[O-].[Sr+2]. The van der Waals surface area contributed by atoms with Crippen LogP contribution in [0.15, 0.2) is 81.9 Å². The first-order valence-corrected chi connectivity index (χ1v) is 10.0. The summed E-state index contributed by atoms with van der Waals surface area (Å²) in [4.78, 5) is 10.9. The van der Waals surface area contributed by atoms with Crippen LogP contribution in [0.2, 0.25) is 0 Å². The Hall–Kier alpha value is -2.34. The van der Waals surface area contributed by atoms with Crippen LogP contribution in [-0.2, 0) is 10.1 Å². The van der Waals surface area contributed by atoms with E-state index in [1.54, 1.807) is 48.5 Å². The molecule has 0 amide bonds. The third kappa shape index (κ3) is 4.49. The van der Waals surface area contributed by atoms with E-state index in [1.807, 2.05) is 0 Å². The predicted octanol–water partition coefficient (Wildman–Crippen LogP) is 3.70. The number of carbonyl (C=O) groups is 1. The van der Waals surface area contributed by atoms with Gasteiger partial charge in [-0.15, -0.1) is 5.11 Å². The molecule has 0 saturated carbocycles. The maximum Gasteiger partial charge on any atom is 2.00 e. The number of rotatable bonds is 4. The van der Waals surface area contributed by atoms with E-state index in [0.29, 0.717) is 16.2 Å². The molecule has 0 unspecified atom stereocenters. The van der Waals surface area contributed by atoms with Gasteiger partial charge in [-0.1, -0.05) is 60.3 Å². The standard InChI is InChI=1S/C21H14N2O6S.Sr/c24-19-16(21(25)26)11-13-6-2-3-7-14(13)18(19)23-22-17-10-9-12-5-1-4-8-15(12)20(17)30(27,28)29;/h1-11,24H,(H,25,26)(H,27,28,29);/q;+2/p-2. The summed E-state index contributed by atoms with van der Waals surface area (Å²) in [6.07, 6.45) is 0. The van der Waals surface area contributed by atoms with Gasteiger partial charge in [0, 0.05) is 10.8 Å². The smallest absolute Gasteiger partial charge is 0.870 e. The fourth-order valence-electron chi connectivity index (χ4n) is 3.24. The second kappa shape index (κ2) is 9.03. The van der Waals surface area contributed by atoms with Crippen molar-refractivity contribution in [1.29, 1.82) is 0 Å². The second-order valence-electron chi connectivity index (χ2n) is 6.42. The number of aromatic carboxylic acids is 1. The summed E-state index contributed by atoms with van der Waals surface area (Å²) in [5, 5.41) is 31.2. The summed E-state index contributed by atoms with van der Waals surface area (Å²) >= 11 is 0. The molecule has 0 atom stereocenters. The maximum absolute atomic E-state index is 12.6. The van der Waals surface area contributed by atoms with Gasteiger partial charge in [-0.3, -0.25) is 0 Å². The third-order valence-corrected chi connectivity index (χ3v) is 5.50. The molecule has 0 heterocycles. The molecular weight excluding hydrogens is 496 g/mol. The number of benzene rings is 4. The number of azo groups is 1. The van der Waals surface area contributed by atoms with E-state index >= 15 is 0 Å². The molecule has 4 aromatic carbocycles. The number of fused-ring (bicyclic) bond motifs is 2. The van der Waals surface area contributed by atoms with Gasteiger partial charge < -0.3 is 14.8 Å². The molecule has 8 nitrogen and oxygen atoms in total. The van der Waals surface area contributed by atoms with E-state index in [-0.39, 0.29) is 62.2 Å². The zero-order valence-corrected chi connectivity index (χ0v) is 20.1. The van der Waals surface area contributed by atoms with Gasteiger partial charge in [0.2, 0.25) is 0 Å². The minimum absolute atomic E-state index is 0. The van der Waals surface area contributed by atoms with Gasteiger partial charge >= 0.3 is 51.5 Å². The minimum Gasteiger partial charge on any atom is -0.870 e. The van der Waals surface area contributed by atoms with E-state index in [4.69, 9.17) is 0 Å². The van der Waals surface area contributed by atoms with Crippen molar-refractivity contribution in [3.63, 3.8) is 0 Å². The van der Waals surface area contributed by atoms with Gasteiger partial charge in [-0.25, -0.2) is 13.2 Å². The summed E-state index contributed by atoms with van der Waals surface area (Å²) in [7, 11) is -4.91. The van der Waals surface area contributed by atoms with Crippen LogP contribution < -0.4 is 5.11 Å². The Morgan fingerprint density at radius 3 is 2.13 bits per heavy atom. The molecule has 0 aliphatic heterocycles. The van der Waals surface area contributed by atoms with Crippen molar-refractivity contribution >= 4 is 94.5 Å². The monoisotopic (exact) mass is 508 g/mol.